The number of rotatable bonds is 4. The third kappa shape index (κ3) is 3.76. The number of imidazole rings is 1. The predicted molar refractivity (Wildman–Crippen MR) is 99.9 cm³/mol. The molecule has 1 aromatic carbocycles. The van der Waals surface area contributed by atoms with Crippen LogP contribution in [0.15, 0.2) is 36.7 Å². The van der Waals surface area contributed by atoms with E-state index >= 15 is 0 Å². The average Bonchev–Trinajstić information content (AvgIpc) is 3.17. The second-order valence-electron chi connectivity index (χ2n) is 7.95. The Hall–Kier alpha value is -2.39. The molecule has 29 heavy (non-hydrogen) atoms. The summed E-state index contributed by atoms with van der Waals surface area (Å²) in [5.74, 6) is 0.124. The summed E-state index contributed by atoms with van der Waals surface area (Å²) in [4.78, 5) is 18.8. The van der Waals surface area contributed by atoms with Gasteiger partial charge >= 0.3 is 6.18 Å². The highest BCUT2D eigenvalue weighted by Crippen LogP contribution is 2.45. The van der Waals surface area contributed by atoms with Crippen molar-refractivity contribution in [1.82, 2.24) is 14.5 Å². The van der Waals surface area contributed by atoms with Crippen molar-refractivity contribution in [2.75, 3.05) is 11.9 Å². The van der Waals surface area contributed by atoms with E-state index in [0.29, 0.717) is 18.7 Å². The molecule has 0 spiro atoms. The largest absolute Gasteiger partial charge is 0.418 e. The van der Waals surface area contributed by atoms with Crippen LogP contribution in [0.1, 0.15) is 37.1 Å². The fourth-order valence-corrected chi connectivity index (χ4v) is 4.77. The summed E-state index contributed by atoms with van der Waals surface area (Å²) in [6.45, 7) is -0.00182. The lowest BCUT2D eigenvalue weighted by atomic mass is 9.85. The molecule has 2 N–H and O–H groups in total. The number of nitrogens with one attached hydrogen (secondary N) is 1. The maximum atomic E-state index is 13.1. The van der Waals surface area contributed by atoms with E-state index in [4.69, 9.17) is 0 Å². The van der Waals surface area contributed by atoms with Gasteiger partial charge in [-0.05, 0) is 37.8 Å². The van der Waals surface area contributed by atoms with Gasteiger partial charge in [0.2, 0.25) is 5.91 Å². The highest BCUT2D eigenvalue weighted by Gasteiger charge is 2.50. The van der Waals surface area contributed by atoms with Gasteiger partial charge in [-0.3, -0.25) is 9.69 Å². The molecule has 4 rings (SSSR count). The Morgan fingerprint density at radius 3 is 2.52 bits per heavy atom. The number of aliphatic hydroxyl groups is 1. The molecule has 0 aliphatic carbocycles. The summed E-state index contributed by atoms with van der Waals surface area (Å²) in [7, 11) is 1.83. The van der Waals surface area contributed by atoms with Crippen molar-refractivity contribution in [2.45, 2.75) is 49.5 Å². The van der Waals surface area contributed by atoms with Gasteiger partial charge in [0.05, 0.1) is 17.8 Å². The fraction of sp³-hybridized carbons (Fsp3) is 0.500. The van der Waals surface area contributed by atoms with Crippen molar-refractivity contribution >= 4 is 11.6 Å². The van der Waals surface area contributed by atoms with E-state index < -0.39 is 23.2 Å². The summed E-state index contributed by atoms with van der Waals surface area (Å²) in [5.41, 5.74) is -2.15. The Bertz CT molecular complexity index is 897. The van der Waals surface area contributed by atoms with Crippen LogP contribution in [0.25, 0.3) is 0 Å². The minimum Gasteiger partial charge on any atom is -0.382 e. The third-order valence-corrected chi connectivity index (χ3v) is 5.99. The highest BCUT2D eigenvalue weighted by molar-refractivity contribution is 5.93. The van der Waals surface area contributed by atoms with Gasteiger partial charge in [-0.2, -0.15) is 13.2 Å². The van der Waals surface area contributed by atoms with Crippen molar-refractivity contribution < 1.29 is 23.1 Å². The number of carbonyl (C=O) groups excluding carboxylic acids is 1. The van der Waals surface area contributed by atoms with E-state index in [0.717, 1.165) is 18.9 Å². The van der Waals surface area contributed by atoms with E-state index in [1.54, 1.807) is 17.0 Å². The molecule has 2 aromatic rings. The summed E-state index contributed by atoms with van der Waals surface area (Å²) in [6.07, 6.45) is 1.46. The number of carbonyl (C=O) groups is 1. The van der Waals surface area contributed by atoms with Crippen molar-refractivity contribution in [1.29, 1.82) is 0 Å². The zero-order valence-corrected chi connectivity index (χ0v) is 16.0. The molecule has 6 nitrogen and oxygen atoms in total. The highest BCUT2D eigenvalue weighted by atomic mass is 19.4. The number of hydrogen-bond acceptors (Lipinski definition) is 4. The summed E-state index contributed by atoms with van der Waals surface area (Å²) < 4.78 is 41.2. The van der Waals surface area contributed by atoms with Gasteiger partial charge in [0.15, 0.2) is 0 Å². The summed E-state index contributed by atoms with van der Waals surface area (Å²) in [5, 5.41) is 13.6. The smallest absolute Gasteiger partial charge is 0.382 e. The molecule has 3 heterocycles. The number of halogens is 3. The quantitative estimate of drug-likeness (QED) is 0.816. The molecule has 0 radical (unpaired) electrons. The Balaban J connectivity index is 1.46. The Kier molecular flexibility index (Phi) is 4.90. The van der Waals surface area contributed by atoms with Gasteiger partial charge in [0, 0.05) is 31.5 Å². The van der Waals surface area contributed by atoms with Crippen LogP contribution in [0, 0.1) is 0 Å². The van der Waals surface area contributed by atoms with Gasteiger partial charge < -0.3 is 15.0 Å². The van der Waals surface area contributed by atoms with E-state index in [9.17, 15) is 23.1 Å². The summed E-state index contributed by atoms with van der Waals surface area (Å²) in [6, 6.07) is 4.93. The van der Waals surface area contributed by atoms with E-state index in [1.165, 1.54) is 18.2 Å². The number of amides is 1. The first-order valence-electron chi connectivity index (χ1n) is 9.59. The topological polar surface area (TPSA) is 70.4 Å². The maximum Gasteiger partial charge on any atom is 0.418 e. The minimum absolute atomic E-state index is 0.00182. The molecular formula is C20H23F3N4O2. The zero-order valence-electron chi connectivity index (χ0n) is 16.0. The first kappa shape index (κ1) is 19.9. The Labute approximate surface area is 166 Å². The SMILES string of the molecule is Cn1ccnc1C1(O)CC2CCC(C1)N2CC(=O)Nc1ccccc1C(F)(F)F. The molecule has 2 bridgehead atoms. The molecule has 156 valence electrons. The van der Waals surface area contributed by atoms with E-state index in [2.05, 4.69) is 10.3 Å². The van der Waals surface area contributed by atoms with Gasteiger partial charge in [0.1, 0.15) is 11.4 Å². The Morgan fingerprint density at radius 2 is 1.93 bits per heavy atom. The number of fused-ring (bicyclic) bond motifs is 2. The van der Waals surface area contributed by atoms with Crippen LogP contribution < -0.4 is 5.32 Å². The first-order chi connectivity index (χ1) is 13.7. The molecule has 2 aliphatic heterocycles. The molecule has 0 saturated carbocycles. The predicted octanol–water partition coefficient (Wildman–Crippen LogP) is 2.89. The molecule has 1 aromatic heterocycles. The number of hydrogen-bond donors (Lipinski definition) is 2. The van der Waals surface area contributed by atoms with Crippen LogP contribution >= 0.6 is 0 Å². The second-order valence-corrected chi connectivity index (χ2v) is 7.95. The molecule has 2 fully saturated rings. The lowest BCUT2D eigenvalue weighted by Gasteiger charge is -2.43. The van der Waals surface area contributed by atoms with Gasteiger partial charge in [0.25, 0.3) is 0 Å². The van der Waals surface area contributed by atoms with Crippen LogP contribution in [-0.4, -0.2) is 44.1 Å². The monoisotopic (exact) mass is 408 g/mol. The van der Waals surface area contributed by atoms with Gasteiger partial charge in [-0.15, -0.1) is 0 Å². The van der Waals surface area contributed by atoms with Crippen LogP contribution in [0.5, 0.6) is 0 Å². The van der Waals surface area contributed by atoms with Crippen molar-refractivity contribution in [3.05, 3.63) is 48.0 Å². The molecule has 2 aliphatic rings. The number of para-hydroxylation sites is 1. The standard InChI is InChI=1S/C20H23F3N4O2/c1-26-9-8-24-18(26)19(29)10-13-6-7-14(11-19)27(13)12-17(28)25-16-5-3-2-4-15(16)20(21,22)23/h2-5,8-9,13-14,29H,6-7,10-12H2,1H3,(H,25,28). The van der Waals surface area contributed by atoms with Crippen LogP contribution in [0.4, 0.5) is 18.9 Å². The van der Waals surface area contributed by atoms with Gasteiger partial charge in [-0.25, -0.2) is 4.98 Å². The van der Waals surface area contributed by atoms with Crippen molar-refractivity contribution in [3.8, 4) is 0 Å². The number of aromatic nitrogens is 2. The molecule has 2 atom stereocenters. The maximum absolute atomic E-state index is 13.1. The molecule has 9 heteroatoms. The zero-order chi connectivity index (χ0) is 20.8. The molecule has 2 saturated heterocycles. The lowest BCUT2D eigenvalue weighted by molar-refractivity contribution is -0.137. The molecule has 2 unspecified atom stereocenters. The fourth-order valence-electron chi connectivity index (χ4n) is 4.77. The van der Waals surface area contributed by atoms with Crippen LogP contribution in [-0.2, 0) is 23.6 Å². The van der Waals surface area contributed by atoms with E-state index in [-0.39, 0.29) is 24.3 Å². The number of alkyl halides is 3. The average molecular weight is 408 g/mol. The third-order valence-electron chi connectivity index (χ3n) is 5.99. The summed E-state index contributed by atoms with van der Waals surface area (Å²) >= 11 is 0. The van der Waals surface area contributed by atoms with Crippen molar-refractivity contribution in [3.63, 3.8) is 0 Å². The van der Waals surface area contributed by atoms with Crippen LogP contribution in [0.2, 0.25) is 0 Å². The van der Waals surface area contributed by atoms with Gasteiger partial charge in [-0.1, -0.05) is 12.1 Å². The Morgan fingerprint density at radius 1 is 1.28 bits per heavy atom. The first-order valence-corrected chi connectivity index (χ1v) is 9.59. The van der Waals surface area contributed by atoms with E-state index in [1.807, 2.05) is 11.9 Å². The number of benzene rings is 1. The number of anilines is 1. The number of piperidine rings is 1. The minimum atomic E-state index is -4.54. The second kappa shape index (κ2) is 7.14. The normalized spacial score (nSPS) is 27.2. The molecular weight excluding hydrogens is 385 g/mol. The van der Waals surface area contributed by atoms with Crippen molar-refractivity contribution in [2.24, 2.45) is 7.05 Å². The molecule has 1 amide bonds. The lowest BCUT2D eigenvalue weighted by Crippen LogP contribution is -2.52. The number of nitrogens with zero attached hydrogens (tertiary/aromatic N) is 3. The number of aryl methyl sites for hydroxylation is 1. The van der Waals surface area contributed by atoms with Crippen LogP contribution in [0.3, 0.4) is 0 Å².